The largest absolute Gasteiger partial charge is 0.316 e. The second-order valence-electron chi connectivity index (χ2n) is 3.27. The van der Waals surface area contributed by atoms with E-state index >= 15 is 0 Å². The molecule has 0 spiro atoms. The summed E-state index contributed by atoms with van der Waals surface area (Å²) < 4.78 is 0. The van der Waals surface area contributed by atoms with E-state index < -0.39 is 0 Å². The Hall–Kier alpha value is -0.320. The third kappa shape index (κ3) is 2.83. The Labute approximate surface area is 92.7 Å². The van der Waals surface area contributed by atoms with Gasteiger partial charge in [-0.2, -0.15) is 0 Å². The van der Waals surface area contributed by atoms with Crippen LogP contribution in [0.3, 0.4) is 0 Å². The van der Waals surface area contributed by atoms with Crippen LogP contribution in [0.2, 0.25) is 5.15 Å². The zero-order valence-electron chi connectivity index (χ0n) is 7.74. The molecule has 1 fully saturated rings. The Balaban J connectivity index is 1.95. The van der Waals surface area contributed by atoms with Gasteiger partial charge in [0.15, 0.2) is 0 Å². The number of nitrogens with zero attached hydrogens (tertiary/aromatic N) is 2. The zero-order valence-corrected chi connectivity index (χ0v) is 9.31. The van der Waals surface area contributed by atoms with Gasteiger partial charge in [0.2, 0.25) is 0 Å². The van der Waals surface area contributed by atoms with E-state index in [9.17, 15) is 0 Å². The van der Waals surface area contributed by atoms with E-state index in [-0.39, 0.29) is 0 Å². The van der Waals surface area contributed by atoms with E-state index in [1.165, 1.54) is 19.2 Å². The number of halogens is 1. The van der Waals surface area contributed by atoms with Crippen molar-refractivity contribution in [3.63, 3.8) is 0 Å². The molecule has 2 rings (SSSR count). The van der Waals surface area contributed by atoms with Gasteiger partial charge in [-0.25, -0.2) is 9.97 Å². The number of hydrogen-bond acceptors (Lipinski definition) is 4. The van der Waals surface area contributed by atoms with Crippen LogP contribution in [-0.2, 0) is 0 Å². The third-order valence-corrected chi connectivity index (χ3v) is 3.55. The summed E-state index contributed by atoms with van der Waals surface area (Å²) >= 11 is 7.56. The number of piperidine rings is 1. The molecular formula is C9H12ClN3S. The summed E-state index contributed by atoms with van der Waals surface area (Å²) in [4.78, 5) is 8.03. The summed E-state index contributed by atoms with van der Waals surface area (Å²) in [7, 11) is 0. The molecule has 0 radical (unpaired) electrons. The summed E-state index contributed by atoms with van der Waals surface area (Å²) in [5, 5.41) is 5.48. The van der Waals surface area contributed by atoms with Crippen molar-refractivity contribution in [2.24, 2.45) is 0 Å². The molecule has 1 N–H and O–H groups in total. The smallest absolute Gasteiger partial charge is 0.133 e. The van der Waals surface area contributed by atoms with Gasteiger partial charge in [0.1, 0.15) is 16.5 Å². The third-order valence-electron chi connectivity index (χ3n) is 2.15. The topological polar surface area (TPSA) is 37.8 Å². The van der Waals surface area contributed by atoms with E-state index in [1.54, 1.807) is 11.8 Å². The Kier molecular flexibility index (Phi) is 3.61. The molecule has 0 amide bonds. The fraction of sp³-hybridized carbons (Fsp3) is 0.556. The second-order valence-corrected chi connectivity index (χ2v) is 4.97. The van der Waals surface area contributed by atoms with Crippen LogP contribution in [0.5, 0.6) is 0 Å². The van der Waals surface area contributed by atoms with Crippen LogP contribution in [-0.4, -0.2) is 28.3 Å². The highest BCUT2D eigenvalue weighted by Crippen LogP contribution is 2.26. The molecule has 1 saturated heterocycles. The molecule has 1 unspecified atom stereocenters. The van der Waals surface area contributed by atoms with E-state index in [4.69, 9.17) is 11.6 Å². The molecule has 3 nitrogen and oxygen atoms in total. The Morgan fingerprint density at radius 1 is 1.50 bits per heavy atom. The molecule has 1 aromatic heterocycles. The van der Waals surface area contributed by atoms with Gasteiger partial charge in [0, 0.05) is 17.9 Å². The summed E-state index contributed by atoms with van der Waals surface area (Å²) in [5.41, 5.74) is 0. The lowest BCUT2D eigenvalue weighted by atomic mass is 10.2. The predicted molar refractivity (Wildman–Crippen MR) is 58.8 cm³/mol. The van der Waals surface area contributed by atoms with Gasteiger partial charge < -0.3 is 5.32 Å². The normalized spacial score (nSPS) is 22.2. The van der Waals surface area contributed by atoms with E-state index in [0.29, 0.717) is 10.4 Å². The van der Waals surface area contributed by atoms with Crippen molar-refractivity contribution in [2.45, 2.75) is 23.1 Å². The Bertz CT molecular complexity index is 302. The lowest BCUT2D eigenvalue weighted by Crippen LogP contribution is -2.31. The van der Waals surface area contributed by atoms with Gasteiger partial charge in [-0.05, 0) is 19.4 Å². The molecule has 0 saturated carbocycles. The van der Waals surface area contributed by atoms with Crippen molar-refractivity contribution < 1.29 is 0 Å². The van der Waals surface area contributed by atoms with E-state index in [1.807, 2.05) is 6.07 Å². The van der Waals surface area contributed by atoms with Crippen molar-refractivity contribution in [3.05, 3.63) is 17.5 Å². The minimum atomic E-state index is 0.520. The average Bonchev–Trinajstić information content (AvgIpc) is 2.19. The first-order chi connectivity index (χ1) is 6.84. The van der Waals surface area contributed by atoms with Gasteiger partial charge in [0.25, 0.3) is 0 Å². The fourth-order valence-corrected chi connectivity index (χ4v) is 2.80. The van der Waals surface area contributed by atoms with E-state index in [0.717, 1.165) is 18.1 Å². The van der Waals surface area contributed by atoms with E-state index in [2.05, 4.69) is 15.3 Å². The molecule has 1 aliphatic rings. The minimum absolute atomic E-state index is 0.520. The molecule has 5 heteroatoms. The first-order valence-electron chi connectivity index (χ1n) is 4.69. The fourth-order valence-electron chi connectivity index (χ4n) is 1.47. The molecule has 14 heavy (non-hydrogen) atoms. The number of hydrogen-bond donors (Lipinski definition) is 1. The summed E-state index contributed by atoms with van der Waals surface area (Å²) in [6.45, 7) is 2.20. The first kappa shape index (κ1) is 10.2. The number of thioether (sulfide) groups is 1. The molecule has 0 aromatic carbocycles. The van der Waals surface area contributed by atoms with Crippen molar-refractivity contribution in [1.29, 1.82) is 0 Å². The molecule has 1 aromatic rings. The highest BCUT2D eigenvalue weighted by molar-refractivity contribution is 7.99. The molecule has 0 bridgehead atoms. The minimum Gasteiger partial charge on any atom is -0.316 e. The summed E-state index contributed by atoms with van der Waals surface area (Å²) in [6, 6.07) is 1.82. The van der Waals surface area contributed by atoms with Gasteiger partial charge in [0.05, 0.1) is 0 Å². The molecule has 0 aliphatic carbocycles. The molecule has 1 aliphatic heterocycles. The Morgan fingerprint density at radius 2 is 2.43 bits per heavy atom. The van der Waals surface area contributed by atoms with Crippen molar-refractivity contribution >= 4 is 23.4 Å². The van der Waals surface area contributed by atoms with Gasteiger partial charge in [-0.3, -0.25) is 0 Å². The first-order valence-corrected chi connectivity index (χ1v) is 5.95. The lowest BCUT2D eigenvalue weighted by molar-refractivity contribution is 0.531. The maximum absolute atomic E-state index is 5.78. The maximum Gasteiger partial charge on any atom is 0.133 e. The number of rotatable bonds is 2. The Morgan fingerprint density at radius 3 is 3.14 bits per heavy atom. The standard InChI is InChI=1S/C9H12ClN3S/c10-8-4-9(13-6-12-8)14-7-2-1-3-11-5-7/h4,6-7,11H,1-3,5H2. The highest BCUT2D eigenvalue weighted by Gasteiger charge is 2.14. The number of aromatic nitrogens is 2. The quantitative estimate of drug-likeness (QED) is 0.787. The molecule has 2 heterocycles. The van der Waals surface area contributed by atoms with Crippen LogP contribution < -0.4 is 5.32 Å². The number of nitrogens with one attached hydrogen (secondary N) is 1. The average molecular weight is 230 g/mol. The van der Waals surface area contributed by atoms with Crippen LogP contribution in [0.4, 0.5) is 0 Å². The van der Waals surface area contributed by atoms with Crippen molar-refractivity contribution in [2.75, 3.05) is 13.1 Å². The summed E-state index contributed by atoms with van der Waals surface area (Å²) in [6.07, 6.45) is 4.01. The van der Waals surface area contributed by atoms with Crippen molar-refractivity contribution in [1.82, 2.24) is 15.3 Å². The van der Waals surface area contributed by atoms with Crippen LogP contribution in [0.25, 0.3) is 0 Å². The van der Waals surface area contributed by atoms with Crippen LogP contribution in [0.15, 0.2) is 17.4 Å². The zero-order chi connectivity index (χ0) is 9.80. The van der Waals surface area contributed by atoms with Gasteiger partial charge >= 0.3 is 0 Å². The monoisotopic (exact) mass is 229 g/mol. The lowest BCUT2D eigenvalue weighted by Gasteiger charge is -2.21. The van der Waals surface area contributed by atoms with Crippen LogP contribution >= 0.6 is 23.4 Å². The van der Waals surface area contributed by atoms with Gasteiger partial charge in [-0.15, -0.1) is 11.8 Å². The summed E-state index contributed by atoms with van der Waals surface area (Å²) in [5.74, 6) is 0. The van der Waals surface area contributed by atoms with Crippen molar-refractivity contribution in [3.8, 4) is 0 Å². The SMILES string of the molecule is Clc1cc(SC2CCCNC2)ncn1. The molecule has 76 valence electrons. The molecule has 1 atom stereocenters. The predicted octanol–water partition coefficient (Wildman–Crippen LogP) is 1.97. The second kappa shape index (κ2) is 4.96. The maximum atomic E-state index is 5.78. The van der Waals surface area contributed by atoms with Crippen LogP contribution in [0.1, 0.15) is 12.8 Å². The highest BCUT2D eigenvalue weighted by atomic mass is 35.5. The van der Waals surface area contributed by atoms with Gasteiger partial charge in [-0.1, -0.05) is 11.6 Å². The van der Waals surface area contributed by atoms with Crippen LogP contribution in [0, 0.1) is 0 Å². The molecular weight excluding hydrogens is 218 g/mol.